The lowest BCUT2D eigenvalue weighted by molar-refractivity contribution is -0.689. The number of para-hydroxylation sites is 2. The van der Waals surface area contributed by atoms with Crippen molar-refractivity contribution in [3.63, 3.8) is 0 Å². The lowest BCUT2D eigenvalue weighted by Crippen LogP contribution is -2.33. The van der Waals surface area contributed by atoms with E-state index in [0.717, 1.165) is 17.0 Å². The number of oxazole rings is 1. The third-order valence-electron chi connectivity index (χ3n) is 3.65. The van der Waals surface area contributed by atoms with E-state index in [4.69, 9.17) is 4.42 Å². The Balaban J connectivity index is 1.71. The van der Waals surface area contributed by atoms with E-state index in [-0.39, 0.29) is 0 Å². The summed E-state index contributed by atoms with van der Waals surface area (Å²) in [5.41, 5.74) is 3.02. The molecule has 2 aromatic carbocycles. The van der Waals surface area contributed by atoms with E-state index in [1.165, 1.54) is 16.3 Å². The van der Waals surface area contributed by atoms with Crippen molar-refractivity contribution in [3.8, 4) is 0 Å². The fraction of sp³-hybridized carbons (Fsp3) is 0.111. The maximum absolute atomic E-state index is 5.77. The van der Waals surface area contributed by atoms with Gasteiger partial charge in [0.1, 0.15) is 5.52 Å². The van der Waals surface area contributed by atoms with Gasteiger partial charge in [0.15, 0.2) is 18.0 Å². The van der Waals surface area contributed by atoms with Crippen LogP contribution in [0.25, 0.3) is 21.9 Å². The molecule has 0 unspecified atom stereocenters. The second-order valence-corrected chi connectivity index (χ2v) is 5.32. The molecule has 0 fully saturated rings. The van der Waals surface area contributed by atoms with Crippen molar-refractivity contribution in [1.29, 1.82) is 0 Å². The molecular weight excluding hydrogens is 260 g/mol. The van der Waals surface area contributed by atoms with Crippen LogP contribution in [0, 0.1) is 6.92 Å². The highest BCUT2D eigenvalue weighted by molar-refractivity contribution is 5.81. The summed E-state index contributed by atoms with van der Waals surface area (Å²) in [5, 5.41) is 2.48. The topological polar surface area (TPSA) is 29.9 Å². The minimum absolute atomic E-state index is 0.637. The van der Waals surface area contributed by atoms with Crippen LogP contribution in [0.2, 0.25) is 0 Å². The zero-order chi connectivity index (χ0) is 14.2. The van der Waals surface area contributed by atoms with Crippen molar-refractivity contribution in [3.05, 3.63) is 72.4 Å². The average Bonchev–Trinajstić information content (AvgIpc) is 2.89. The van der Waals surface area contributed by atoms with Gasteiger partial charge in [0.2, 0.25) is 6.54 Å². The van der Waals surface area contributed by atoms with Gasteiger partial charge in [0, 0.05) is 11.5 Å². The summed E-state index contributed by atoms with van der Waals surface area (Å²) in [6.45, 7) is 2.75. The molecule has 2 heterocycles. The highest BCUT2D eigenvalue weighted by Gasteiger charge is 2.11. The normalized spacial score (nSPS) is 11.3. The van der Waals surface area contributed by atoms with Crippen molar-refractivity contribution in [2.45, 2.75) is 13.5 Å². The molecule has 0 aliphatic carbocycles. The van der Waals surface area contributed by atoms with Gasteiger partial charge in [-0.15, -0.1) is 0 Å². The van der Waals surface area contributed by atoms with E-state index in [1.54, 1.807) is 0 Å². The first-order valence-electron chi connectivity index (χ1n) is 7.02. The van der Waals surface area contributed by atoms with Gasteiger partial charge < -0.3 is 4.42 Å². The fourth-order valence-corrected chi connectivity index (χ4v) is 2.60. The second kappa shape index (κ2) is 4.70. The molecule has 0 atom stereocenters. The lowest BCUT2D eigenvalue weighted by atomic mass is 10.1. The Morgan fingerprint density at radius 1 is 1.05 bits per heavy atom. The van der Waals surface area contributed by atoms with Gasteiger partial charge in [-0.3, -0.25) is 0 Å². The van der Waals surface area contributed by atoms with E-state index in [2.05, 4.69) is 53.1 Å². The minimum Gasteiger partial charge on any atom is -0.435 e. The van der Waals surface area contributed by atoms with Gasteiger partial charge in [-0.05, 0) is 30.5 Å². The van der Waals surface area contributed by atoms with Crippen LogP contribution in [0.1, 0.15) is 11.5 Å². The molecule has 21 heavy (non-hydrogen) atoms. The van der Waals surface area contributed by atoms with E-state index in [1.807, 2.05) is 24.3 Å². The van der Waals surface area contributed by atoms with Gasteiger partial charge in [-0.25, -0.2) is 4.98 Å². The lowest BCUT2D eigenvalue weighted by Gasteiger charge is -1.99. The van der Waals surface area contributed by atoms with Crippen LogP contribution in [0.3, 0.4) is 0 Å². The summed E-state index contributed by atoms with van der Waals surface area (Å²) in [7, 11) is 0. The van der Waals surface area contributed by atoms with E-state index < -0.39 is 0 Å². The fourth-order valence-electron chi connectivity index (χ4n) is 2.60. The first-order valence-corrected chi connectivity index (χ1v) is 7.02. The zero-order valence-electron chi connectivity index (χ0n) is 11.8. The molecule has 4 aromatic rings. The quantitative estimate of drug-likeness (QED) is 0.523. The summed E-state index contributed by atoms with van der Waals surface area (Å²) in [6.07, 6.45) is 4.19. The van der Waals surface area contributed by atoms with Crippen LogP contribution in [0.15, 0.2) is 65.3 Å². The second-order valence-electron chi connectivity index (χ2n) is 5.32. The van der Waals surface area contributed by atoms with E-state index in [0.29, 0.717) is 6.54 Å². The van der Waals surface area contributed by atoms with Gasteiger partial charge in [-0.2, -0.15) is 4.57 Å². The van der Waals surface area contributed by atoms with Crippen molar-refractivity contribution in [1.82, 2.24) is 4.98 Å². The van der Waals surface area contributed by atoms with Gasteiger partial charge in [0.25, 0.3) is 5.89 Å². The molecule has 4 rings (SSSR count). The average molecular weight is 275 g/mol. The van der Waals surface area contributed by atoms with Crippen LogP contribution in [0.4, 0.5) is 0 Å². The number of fused-ring (bicyclic) bond motifs is 2. The predicted molar refractivity (Wildman–Crippen MR) is 82.0 cm³/mol. The molecule has 3 nitrogen and oxygen atoms in total. The number of hydrogen-bond acceptors (Lipinski definition) is 2. The van der Waals surface area contributed by atoms with Gasteiger partial charge in [-0.1, -0.05) is 29.8 Å². The zero-order valence-corrected chi connectivity index (χ0v) is 11.8. The van der Waals surface area contributed by atoms with Crippen LogP contribution in [0.5, 0.6) is 0 Å². The third-order valence-corrected chi connectivity index (χ3v) is 3.65. The van der Waals surface area contributed by atoms with Crippen molar-refractivity contribution < 1.29 is 8.98 Å². The number of pyridine rings is 1. The summed E-state index contributed by atoms with van der Waals surface area (Å²) >= 11 is 0. The summed E-state index contributed by atoms with van der Waals surface area (Å²) in [6, 6.07) is 16.4. The first-order chi connectivity index (χ1) is 10.3. The highest BCUT2D eigenvalue weighted by Crippen LogP contribution is 2.16. The first kappa shape index (κ1) is 12.1. The number of rotatable bonds is 2. The van der Waals surface area contributed by atoms with E-state index in [9.17, 15) is 0 Å². The van der Waals surface area contributed by atoms with Crippen LogP contribution >= 0.6 is 0 Å². The maximum Gasteiger partial charge on any atom is 0.262 e. The number of benzene rings is 2. The minimum atomic E-state index is 0.637. The van der Waals surface area contributed by atoms with Gasteiger partial charge in [0.05, 0.1) is 0 Å². The summed E-state index contributed by atoms with van der Waals surface area (Å²) < 4.78 is 7.87. The molecule has 0 saturated carbocycles. The molecule has 0 saturated heterocycles. The molecule has 0 aliphatic rings. The standard InChI is InChI=1S/C18H15N2O/c1-13-6-7-15-11-20(9-8-14(15)10-13)12-18-19-16-4-2-3-5-17(16)21-18/h2-11H,12H2,1H3/q+1. The molecule has 0 aliphatic heterocycles. The SMILES string of the molecule is Cc1ccc2c[n+](Cc3nc4ccccc4o3)ccc2c1. The molecule has 102 valence electrons. The number of aryl methyl sites for hydroxylation is 1. The molecular formula is C18H15N2O+. The number of nitrogens with zero attached hydrogens (tertiary/aromatic N) is 2. The van der Waals surface area contributed by atoms with Crippen molar-refractivity contribution in [2.24, 2.45) is 0 Å². The molecule has 0 amide bonds. The Bertz CT molecular complexity index is 907. The van der Waals surface area contributed by atoms with Crippen LogP contribution < -0.4 is 4.57 Å². The Labute approximate surface area is 122 Å². The molecule has 0 bridgehead atoms. The molecule has 0 radical (unpaired) electrons. The Morgan fingerprint density at radius 3 is 2.86 bits per heavy atom. The molecule has 2 aromatic heterocycles. The monoisotopic (exact) mass is 275 g/mol. The van der Waals surface area contributed by atoms with Crippen LogP contribution in [-0.4, -0.2) is 4.98 Å². The van der Waals surface area contributed by atoms with Gasteiger partial charge >= 0.3 is 0 Å². The highest BCUT2D eigenvalue weighted by atomic mass is 16.3. The Hall–Kier alpha value is -2.68. The number of aromatic nitrogens is 2. The largest absolute Gasteiger partial charge is 0.435 e. The summed E-state index contributed by atoms with van der Waals surface area (Å²) in [4.78, 5) is 4.51. The number of hydrogen-bond donors (Lipinski definition) is 0. The third kappa shape index (κ3) is 2.27. The van der Waals surface area contributed by atoms with Crippen LogP contribution in [-0.2, 0) is 6.54 Å². The Kier molecular flexibility index (Phi) is 2.71. The molecule has 0 spiro atoms. The van der Waals surface area contributed by atoms with Crippen molar-refractivity contribution in [2.75, 3.05) is 0 Å². The Morgan fingerprint density at radius 2 is 1.95 bits per heavy atom. The smallest absolute Gasteiger partial charge is 0.262 e. The predicted octanol–water partition coefficient (Wildman–Crippen LogP) is 3.63. The molecule has 0 N–H and O–H groups in total. The maximum atomic E-state index is 5.77. The van der Waals surface area contributed by atoms with E-state index >= 15 is 0 Å². The summed E-state index contributed by atoms with van der Waals surface area (Å²) in [5.74, 6) is 0.729. The molecule has 3 heteroatoms. The van der Waals surface area contributed by atoms with Crippen molar-refractivity contribution >= 4 is 21.9 Å².